The number of nitrogens with one attached hydrogen (secondary N) is 2. The normalized spacial score (nSPS) is 15.7. The molecule has 4 rings (SSSR count). The number of aromatic nitrogens is 2. The minimum absolute atomic E-state index is 0.0518. The summed E-state index contributed by atoms with van der Waals surface area (Å²) in [5, 5.41) is 21.3. The highest BCUT2D eigenvalue weighted by Crippen LogP contribution is 2.26. The second-order valence-corrected chi connectivity index (χ2v) is 7.33. The molecule has 0 spiro atoms. The van der Waals surface area contributed by atoms with Gasteiger partial charge in [0.25, 0.3) is 0 Å². The van der Waals surface area contributed by atoms with E-state index in [9.17, 15) is 5.26 Å². The second-order valence-electron chi connectivity index (χ2n) is 7.33. The van der Waals surface area contributed by atoms with E-state index in [1.807, 2.05) is 54.6 Å². The van der Waals surface area contributed by atoms with Gasteiger partial charge in [0.1, 0.15) is 29.5 Å². The molecule has 4 N–H and O–H groups in total. The maximum Gasteiger partial charge on any atom is 0.179 e. The molecule has 31 heavy (non-hydrogen) atoms. The molecule has 8 nitrogen and oxygen atoms in total. The van der Waals surface area contributed by atoms with Crippen molar-refractivity contribution in [3.8, 4) is 17.7 Å². The van der Waals surface area contributed by atoms with E-state index in [-0.39, 0.29) is 17.6 Å². The van der Waals surface area contributed by atoms with Crippen molar-refractivity contribution in [2.24, 2.45) is 0 Å². The van der Waals surface area contributed by atoms with Crippen LogP contribution in [0.3, 0.4) is 0 Å². The van der Waals surface area contributed by atoms with Gasteiger partial charge in [-0.2, -0.15) is 5.26 Å². The van der Waals surface area contributed by atoms with Gasteiger partial charge in [-0.15, -0.1) is 0 Å². The number of piperidine rings is 1. The average Bonchev–Trinajstić information content (AvgIpc) is 2.80. The van der Waals surface area contributed by atoms with Crippen LogP contribution in [0.5, 0.6) is 11.5 Å². The minimum atomic E-state index is 0.0518. The molecule has 1 atom stereocenters. The smallest absolute Gasteiger partial charge is 0.179 e. The van der Waals surface area contributed by atoms with Crippen LogP contribution in [0.25, 0.3) is 0 Å². The van der Waals surface area contributed by atoms with Crippen molar-refractivity contribution < 1.29 is 4.74 Å². The van der Waals surface area contributed by atoms with Gasteiger partial charge in [-0.25, -0.2) is 9.97 Å². The Morgan fingerprint density at radius 3 is 2.61 bits per heavy atom. The average molecular weight is 413 g/mol. The van der Waals surface area contributed by atoms with Crippen LogP contribution in [0.4, 0.5) is 11.6 Å². The topological polar surface area (TPSA) is 124 Å². The van der Waals surface area contributed by atoms with E-state index in [0.717, 1.165) is 25.1 Å². The lowest BCUT2D eigenvalue weighted by Gasteiger charge is -2.30. The van der Waals surface area contributed by atoms with E-state index in [0.29, 0.717) is 29.2 Å². The SMILES string of the molecule is N#CN1CCCC(Nc2ncnc(N)c2C(=N)c2ccc(Oc3ccccc3)cc2)C1. The number of hydrogen-bond acceptors (Lipinski definition) is 8. The van der Waals surface area contributed by atoms with Crippen molar-refractivity contribution in [1.82, 2.24) is 14.9 Å². The first kappa shape index (κ1) is 20.2. The highest BCUT2D eigenvalue weighted by molar-refractivity contribution is 6.16. The van der Waals surface area contributed by atoms with Gasteiger partial charge < -0.3 is 20.7 Å². The van der Waals surface area contributed by atoms with Crippen LogP contribution >= 0.6 is 0 Å². The largest absolute Gasteiger partial charge is 0.457 e. The molecule has 0 amide bonds. The van der Waals surface area contributed by atoms with E-state index in [1.165, 1.54) is 6.33 Å². The number of likely N-dealkylation sites (tertiary alicyclic amines) is 1. The Kier molecular flexibility index (Phi) is 5.94. The van der Waals surface area contributed by atoms with Gasteiger partial charge in [-0.3, -0.25) is 5.41 Å². The summed E-state index contributed by atoms with van der Waals surface area (Å²) in [6.45, 7) is 1.36. The fourth-order valence-corrected chi connectivity index (χ4v) is 3.59. The van der Waals surface area contributed by atoms with Crippen molar-refractivity contribution in [3.63, 3.8) is 0 Å². The molecule has 1 unspecified atom stereocenters. The maximum atomic E-state index is 9.18. The third-order valence-electron chi connectivity index (χ3n) is 5.15. The van der Waals surface area contributed by atoms with Crippen LogP contribution in [0.1, 0.15) is 24.0 Å². The summed E-state index contributed by atoms with van der Waals surface area (Å²) in [6.07, 6.45) is 5.42. The van der Waals surface area contributed by atoms with E-state index in [4.69, 9.17) is 15.9 Å². The number of ether oxygens (including phenoxy) is 1. The molecule has 1 aliphatic heterocycles. The van der Waals surface area contributed by atoms with E-state index in [2.05, 4.69) is 21.5 Å². The third-order valence-corrected chi connectivity index (χ3v) is 5.15. The van der Waals surface area contributed by atoms with E-state index >= 15 is 0 Å². The van der Waals surface area contributed by atoms with Crippen LogP contribution < -0.4 is 15.8 Å². The number of nitrogen functional groups attached to an aromatic ring is 1. The number of anilines is 2. The van der Waals surface area contributed by atoms with Crippen molar-refractivity contribution >= 4 is 17.3 Å². The quantitative estimate of drug-likeness (QED) is 0.416. The van der Waals surface area contributed by atoms with Crippen molar-refractivity contribution in [1.29, 1.82) is 10.7 Å². The number of benzene rings is 2. The summed E-state index contributed by atoms with van der Waals surface area (Å²) in [5.74, 6) is 2.17. The molecule has 0 bridgehead atoms. The lowest BCUT2D eigenvalue weighted by molar-refractivity contribution is 0.302. The Hall–Kier alpha value is -4.12. The zero-order valence-electron chi connectivity index (χ0n) is 17.0. The van der Waals surface area contributed by atoms with Crippen molar-refractivity contribution in [3.05, 3.63) is 72.1 Å². The zero-order valence-corrected chi connectivity index (χ0v) is 17.0. The number of nitriles is 1. The second kappa shape index (κ2) is 9.13. The molecule has 8 heteroatoms. The number of nitrogens with two attached hydrogens (primary N) is 1. The monoisotopic (exact) mass is 413 g/mol. The molecular weight excluding hydrogens is 390 g/mol. The van der Waals surface area contributed by atoms with Gasteiger partial charge in [0.15, 0.2) is 6.19 Å². The Labute approximate surface area is 180 Å². The summed E-state index contributed by atoms with van der Waals surface area (Å²) in [5.41, 5.74) is 7.48. The number of rotatable bonds is 6. The fourth-order valence-electron chi connectivity index (χ4n) is 3.59. The molecule has 0 aliphatic carbocycles. The number of nitrogens with zero attached hydrogens (tertiary/aromatic N) is 4. The number of para-hydroxylation sites is 1. The van der Waals surface area contributed by atoms with Crippen LogP contribution in [0.2, 0.25) is 0 Å². The Morgan fingerprint density at radius 2 is 1.87 bits per heavy atom. The molecule has 1 fully saturated rings. The van der Waals surface area contributed by atoms with E-state index < -0.39 is 0 Å². The molecule has 2 heterocycles. The van der Waals surface area contributed by atoms with Gasteiger partial charge in [0.2, 0.25) is 0 Å². The van der Waals surface area contributed by atoms with E-state index in [1.54, 1.807) is 4.90 Å². The predicted octanol–water partition coefficient (Wildman–Crippen LogP) is 3.62. The maximum absolute atomic E-state index is 9.18. The van der Waals surface area contributed by atoms with Gasteiger partial charge in [0, 0.05) is 24.7 Å². The first-order valence-electron chi connectivity index (χ1n) is 10.1. The number of hydrogen-bond donors (Lipinski definition) is 3. The highest BCUT2D eigenvalue weighted by atomic mass is 16.5. The molecule has 0 radical (unpaired) electrons. The summed E-state index contributed by atoms with van der Waals surface area (Å²) >= 11 is 0. The summed E-state index contributed by atoms with van der Waals surface area (Å²) in [4.78, 5) is 10.1. The zero-order chi connectivity index (χ0) is 21.6. The third kappa shape index (κ3) is 4.73. The molecule has 1 saturated heterocycles. The molecule has 0 saturated carbocycles. The van der Waals surface area contributed by atoms with Crippen LogP contribution in [0, 0.1) is 16.9 Å². The Bertz CT molecular complexity index is 1090. The predicted molar refractivity (Wildman–Crippen MR) is 119 cm³/mol. The first-order valence-corrected chi connectivity index (χ1v) is 10.1. The van der Waals surface area contributed by atoms with Crippen LogP contribution in [-0.4, -0.2) is 39.7 Å². The van der Waals surface area contributed by atoms with Gasteiger partial charge in [0.05, 0.1) is 11.3 Å². The van der Waals surface area contributed by atoms with Gasteiger partial charge in [-0.05, 0) is 49.2 Å². The Balaban J connectivity index is 1.53. The Morgan fingerprint density at radius 1 is 1.13 bits per heavy atom. The van der Waals surface area contributed by atoms with Crippen molar-refractivity contribution in [2.75, 3.05) is 24.1 Å². The lowest BCUT2D eigenvalue weighted by Crippen LogP contribution is -2.40. The van der Waals surface area contributed by atoms with Gasteiger partial charge >= 0.3 is 0 Å². The molecule has 156 valence electrons. The van der Waals surface area contributed by atoms with Crippen molar-refractivity contribution in [2.45, 2.75) is 18.9 Å². The summed E-state index contributed by atoms with van der Waals surface area (Å²) in [7, 11) is 0. The molecular formula is C23H23N7O. The van der Waals surface area contributed by atoms with Crippen LogP contribution in [0.15, 0.2) is 60.9 Å². The molecule has 2 aromatic carbocycles. The first-order chi connectivity index (χ1) is 15.1. The van der Waals surface area contributed by atoms with Gasteiger partial charge in [-0.1, -0.05) is 18.2 Å². The highest BCUT2D eigenvalue weighted by Gasteiger charge is 2.23. The summed E-state index contributed by atoms with van der Waals surface area (Å²) in [6, 6.07) is 16.8. The molecule has 3 aromatic rings. The molecule has 1 aliphatic rings. The standard InChI is InChI=1S/C23H23N7O/c24-14-30-12-4-5-17(13-30)29-23-20(22(26)27-15-28-23)21(25)16-8-10-19(11-9-16)31-18-6-2-1-3-7-18/h1-3,6-11,15,17,25H,4-5,12-13H2,(H3,26,27,28,29). The summed E-state index contributed by atoms with van der Waals surface area (Å²) < 4.78 is 5.82. The fraction of sp³-hybridized carbons (Fsp3) is 0.217. The molecule has 1 aromatic heterocycles. The minimum Gasteiger partial charge on any atom is -0.457 e. The van der Waals surface area contributed by atoms with Crippen LogP contribution in [-0.2, 0) is 0 Å². The lowest BCUT2D eigenvalue weighted by atomic mass is 10.0.